The van der Waals surface area contributed by atoms with Gasteiger partial charge in [0.15, 0.2) is 23.0 Å². The predicted molar refractivity (Wildman–Crippen MR) is 127 cm³/mol. The predicted octanol–water partition coefficient (Wildman–Crippen LogP) is 4.51. The second-order valence-electron chi connectivity index (χ2n) is 7.11. The van der Waals surface area contributed by atoms with Crippen molar-refractivity contribution < 1.29 is 24.5 Å². The highest BCUT2D eigenvalue weighted by Crippen LogP contribution is 2.45. The number of nitrogens with zero attached hydrogens (tertiary/aromatic N) is 3. The van der Waals surface area contributed by atoms with Crippen LogP contribution in [0.25, 0.3) is 6.08 Å². The molecule has 8 nitrogen and oxygen atoms in total. The number of ketones is 1. The highest BCUT2D eigenvalue weighted by Gasteiger charge is 2.45. The Morgan fingerprint density at radius 2 is 1.94 bits per heavy atom. The van der Waals surface area contributed by atoms with Crippen LogP contribution in [0.1, 0.15) is 22.2 Å². The molecule has 1 atom stereocenters. The third-order valence-electron chi connectivity index (χ3n) is 5.01. The van der Waals surface area contributed by atoms with E-state index in [1.54, 1.807) is 19.1 Å². The van der Waals surface area contributed by atoms with Gasteiger partial charge in [-0.3, -0.25) is 14.5 Å². The van der Waals surface area contributed by atoms with Gasteiger partial charge in [-0.05, 0) is 52.2 Å². The maximum absolute atomic E-state index is 13.2. The Balaban J connectivity index is 1.84. The number of hydrogen-bond donors (Lipinski definition) is 2. The molecule has 1 aromatic heterocycles. The highest BCUT2D eigenvalue weighted by molar-refractivity contribution is 9.10. The van der Waals surface area contributed by atoms with E-state index >= 15 is 0 Å². The molecule has 0 aliphatic carbocycles. The van der Waals surface area contributed by atoms with Crippen molar-refractivity contribution in [3.05, 3.63) is 80.5 Å². The fourth-order valence-electron chi connectivity index (χ4n) is 3.49. The van der Waals surface area contributed by atoms with Crippen molar-refractivity contribution in [3.8, 4) is 11.5 Å². The van der Waals surface area contributed by atoms with E-state index in [2.05, 4.69) is 26.1 Å². The Kier molecular flexibility index (Phi) is 6.30. The zero-order valence-corrected chi connectivity index (χ0v) is 19.9. The monoisotopic (exact) mass is 527 g/mol. The molecule has 0 fully saturated rings. The molecule has 33 heavy (non-hydrogen) atoms. The van der Waals surface area contributed by atoms with Crippen LogP contribution in [-0.4, -0.2) is 39.2 Å². The van der Waals surface area contributed by atoms with Crippen LogP contribution in [0.2, 0.25) is 0 Å². The van der Waals surface area contributed by atoms with Crippen molar-refractivity contribution in [2.45, 2.75) is 13.0 Å². The quantitative estimate of drug-likeness (QED) is 0.453. The Hall–Kier alpha value is -3.50. The number of anilines is 1. The minimum Gasteiger partial charge on any atom is -0.503 e. The molecule has 168 valence electrons. The van der Waals surface area contributed by atoms with Gasteiger partial charge in [0, 0.05) is 0 Å². The van der Waals surface area contributed by atoms with E-state index in [-0.39, 0.29) is 22.2 Å². The van der Waals surface area contributed by atoms with Crippen LogP contribution in [0.4, 0.5) is 5.13 Å². The lowest BCUT2D eigenvalue weighted by Crippen LogP contribution is -2.31. The van der Waals surface area contributed by atoms with Gasteiger partial charge in [-0.15, -0.1) is 10.2 Å². The molecule has 0 spiro atoms. The summed E-state index contributed by atoms with van der Waals surface area (Å²) in [4.78, 5) is 27.5. The number of phenols is 1. The van der Waals surface area contributed by atoms with Crippen molar-refractivity contribution in [1.29, 1.82) is 0 Å². The molecule has 0 saturated heterocycles. The summed E-state index contributed by atoms with van der Waals surface area (Å²) < 4.78 is 5.54. The van der Waals surface area contributed by atoms with E-state index in [9.17, 15) is 19.8 Å². The fourth-order valence-corrected chi connectivity index (χ4v) is 4.66. The van der Waals surface area contributed by atoms with E-state index in [0.29, 0.717) is 15.0 Å². The third-order valence-corrected chi connectivity index (χ3v) is 6.45. The lowest BCUT2D eigenvalue weighted by Gasteiger charge is -2.24. The van der Waals surface area contributed by atoms with Gasteiger partial charge in [-0.1, -0.05) is 47.7 Å². The summed E-state index contributed by atoms with van der Waals surface area (Å²) in [6, 6.07) is 11.2. The average molecular weight is 528 g/mol. The number of halogens is 1. The van der Waals surface area contributed by atoms with Crippen LogP contribution in [0.5, 0.6) is 11.5 Å². The zero-order valence-electron chi connectivity index (χ0n) is 17.5. The van der Waals surface area contributed by atoms with E-state index in [1.165, 1.54) is 24.2 Å². The number of rotatable bonds is 6. The highest BCUT2D eigenvalue weighted by atomic mass is 79.9. The number of aromatic nitrogens is 2. The number of aliphatic hydroxyl groups excluding tert-OH is 1. The largest absolute Gasteiger partial charge is 0.503 e. The lowest BCUT2D eigenvalue weighted by atomic mass is 9.95. The summed E-state index contributed by atoms with van der Waals surface area (Å²) in [5, 5.41) is 29.8. The van der Waals surface area contributed by atoms with Crippen LogP contribution in [0.3, 0.4) is 0 Å². The molecular formula is C23H18BrN3O5S. The molecule has 1 unspecified atom stereocenters. The van der Waals surface area contributed by atoms with Crippen molar-refractivity contribution in [3.63, 3.8) is 0 Å². The Labute approximate surface area is 201 Å². The number of aryl methyl sites for hydroxylation is 1. The number of hydrogen-bond acceptors (Lipinski definition) is 8. The number of aliphatic hydroxyl groups is 1. The molecule has 3 aromatic rings. The van der Waals surface area contributed by atoms with Crippen LogP contribution >= 0.6 is 27.3 Å². The number of carbonyl (C=O) groups is 2. The number of ether oxygens (including phenoxy) is 1. The van der Waals surface area contributed by atoms with Crippen LogP contribution in [-0.2, 0) is 9.59 Å². The molecular weight excluding hydrogens is 510 g/mol. The molecule has 10 heteroatoms. The second-order valence-corrected chi connectivity index (χ2v) is 9.12. The Morgan fingerprint density at radius 1 is 1.21 bits per heavy atom. The van der Waals surface area contributed by atoms with Gasteiger partial charge in [0.1, 0.15) is 5.01 Å². The summed E-state index contributed by atoms with van der Waals surface area (Å²) in [5.74, 6) is -1.97. The molecule has 1 amide bonds. The van der Waals surface area contributed by atoms with Crippen LogP contribution in [0.15, 0.2) is 64.3 Å². The average Bonchev–Trinajstić information content (AvgIpc) is 3.35. The van der Waals surface area contributed by atoms with Crippen LogP contribution < -0.4 is 9.64 Å². The van der Waals surface area contributed by atoms with E-state index in [1.807, 2.05) is 30.3 Å². The standard InChI is InChI=1S/C23H18BrN3O5S/c1-12-25-26-23(33-12)27-19(14-10-15(24)20(29)17(11-14)32-2)18(21(30)22(27)31)16(28)9-8-13-6-4-3-5-7-13/h3-11,19,29-30H,1-2H3/b9-8+. The number of aromatic hydroxyl groups is 1. The number of phenolic OH excluding ortho intramolecular Hbond substituents is 1. The zero-order chi connectivity index (χ0) is 23.7. The summed E-state index contributed by atoms with van der Waals surface area (Å²) in [6.07, 6.45) is 2.91. The van der Waals surface area contributed by atoms with Gasteiger partial charge in [-0.2, -0.15) is 0 Å². The summed E-state index contributed by atoms with van der Waals surface area (Å²) in [6.45, 7) is 1.73. The first-order valence-corrected chi connectivity index (χ1v) is 11.3. The molecule has 1 aliphatic heterocycles. The first-order chi connectivity index (χ1) is 15.8. The van der Waals surface area contributed by atoms with Gasteiger partial charge in [0.05, 0.1) is 23.2 Å². The van der Waals surface area contributed by atoms with E-state index < -0.39 is 23.5 Å². The first-order valence-electron chi connectivity index (χ1n) is 9.72. The van der Waals surface area contributed by atoms with Crippen LogP contribution in [0, 0.1) is 6.92 Å². The molecule has 2 aromatic carbocycles. The SMILES string of the molecule is COc1cc(C2C(C(=O)/C=C/c3ccccc3)=C(O)C(=O)N2c2nnc(C)s2)cc(Br)c1O. The summed E-state index contributed by atoms with van der Waals surface area (Å²) >= 11 is 4.43. The van der Waals surface area contributed by atoms with Crippen molar-refractivity contribution in [2.75, 3.05) is 12.0 Å². The minimum absolute atomic E-state index is 0.111. The van der Waals surface area contributed by atoms with Gasteiger partial charge in [-0.25, -0.2) is 0 Å². The number of allylic oxidation sites excluding steroid dienone is 1. The topological polar surface area (TPSA) is 113 Å². The molecule has 1 aliphatic rings. The maximum Gasteiger partial charge on any atom is 0.296 e. The molecule has 0 saturated carbocycles. The number of amides is 1. The van der Waals surface area contributed by atoms with E-state index in [0.717, 1.165) is 16.9 Å². The number of benzene rings is 2. The first kappa shape index (κ1) is 22.7. The van der Waals surface area contributed by atoms with E-state index in [4.69, 9.17) is 4.74 Å². The van der Waals surface area contributed by atoms with Crippen molar-refractivity contribution >= 4 is 50.2 Å². The molecule has 4 rings (SSSR count). The smallest absolute Gasteiger partial charge is 0.296 e. The van der Waals surface area contributed by atoms with Gasteiger partial charge in [0.2, 0.25) is 5.13 Å². The second kappa shape index (κ2) is 9.16. The molecule has 2 heterocycles. The summed E-state index contributed by atoms with van der Waals surface area (Å²) in [5.41, 5.74) is 1.11. The van der Waals surface area contributed by atoms with Gasteiger partial charge in [0.25, 0.3) is 5.91 Å². The minimum atomic E-state index is -1.01. The third kappa shape index (κ3) is 4.27. The Bertz CT molecular complexity index is 1300. The Morgan fingerprint density at radius 3 is 2.58 bits per heavy atom. The summed E-state index contributed by atoms with van der Waals surface area (Å²) in [7, 11) is 1.39. The van der Waals surface area contributed by atoms with Crippen molar-refractivity contribution in [2.24, 2.45) is 0 Å². The molecule has 0 bridgehead atoms. The molecule has 2 N–H and O–H groups in total. The van der Waals surface area contributed by atoms with Crippen molar-refractivity contribution in [1.82, 2.24) is 10.2 Å². The van der Waals surface area contributed by atoms with Gasteiger partial charge < -0.3 is 14.9 Å². The maximum atomic E-state index is 13.2. The fraction of sp³-hybridized carbons (Fsp3) is 0.130. The molecule has 0 radical (unpaired) electrons. The lowest BCUT2D eigenvalue weighted by molar-refractivity contribution is -0.117. The number of carbonyl (C=O) groups excluding carboxylic acids is 2. The number of methoxy groups -OCH3 is 1. The normalized spacial score (nSPS) is 16.2. The van der Waals surface area contributed by atoms with Gasteiger partial charge >= 0.3 is 0 Å².